The maximum atomic E-state index is 10.1. The Morgan fingerprint density at radius 1 is 0.909 bits per heavy atom. The van der Waals surface area contributed by atoms with Crippen molar-refractivity contribution in [3.8, 4) is 0 Å². The summed E-state index contributed by atoms with van der Waals surface area (Å²) < 4.78 is 11.0. The fourth-order valence-corrected chi connectivity index (χ4v) is 2.90. The minimum Gasteiger partial charge on any atom is -0.394 e. The zero-order valence-corrected chi connectivity index (χ0v) is 12.1. The molecule has 0 radical (unpaired) electrons. The molecule has 22 heavy (non-hydrogen) atoms. The highest BCUT2D eigenvalue weighted by Gasteiger charge is 2.47. The molecule has 0 spiro atoms. The minimum atomic E-state index is -1.30. The van der Waals surface area contributed by atoms with E-state index in [1.165, 1.54) is 0 Å². The van der Waals surface area contributed by atoms with Gasteiger partial charge in [0, 0.05) is 12.1 Å². The van der Waals surface area contributed by atoms with Gasteiger partial charge >= 0.3 is 0 Å². The van der Waals surface area contributed by atoms with Crippen LogP contribution in [0.2, 0.25) is 0 Å². The van der Waals surface area contributed by atoms with E-state index < -0.39 is 67.6 Å². The summed E-state index contributed by atoms with van der Waals surface area (Å²) in [6.45, 7) is -0.464. The van der Waals surface area contributed by atoms with Gasteiger partial charge in [-0.2, -0.15) is 0 Å². The first-order valence-electron chi connectivity index (χ1n) is 7.26. The van der Waals surface area contributed by atoms with Gasteiger partial charge in [-0.25, -0.2) is 0 Å². The van der Waals surface area contributed by atoms with Crippen molar-refractivity contribution >= 4 is 0 Å². The van der Waals surface area contributed by atoms with E-state index in [0.29, 0.717) is 0 Å². The normalized spacial score (nSPS) is 53.5. The molecule has 10 heteroatoms. The van der Waals surface area contributed by atoms with Crippen molar-refractivity contribution in [2.75, 3.05) is 6.61 Å². The predicted molar refractivity (Wildman–Crippen MR) is 75.2 cm³/mol. The van der Waals surface area contributed by atoms with Crippen LogP contribution in [0.3, 0.4) is 0 Å². The second kappa shape index (κ2) is 7.01. The van der Waals surface area contributed by atoms with Gasteiger partial charge in [-0.3, -0.25) is 0 Å². The average Bonchev–Trinajstić information content (AvgIpc) is 2.49. The smallest absolute Gasteiger partial charge is 0.175 e. The lowest BCUT2D eigenvalue weighted by Crippen LogP contribution is -2.68. The van der Waals surface area contributed by atoms with E-state index in [9.17, 15) is 20.4 Å². The molecular weight excluding hydrogens is 296 g/mol. The fraction of sp³-hybridized carbons (Fsp3) is 1.00. The summed E-state index contributed by atoms with van der Waals surface area (Å²) in [7, 11) is 0. The molecule has 0 aromatic heterocycles. The number of rotatable bonds is 3. The molecule has 12 N–H and O–H groups in total. The fourth-order valence-electron chi connectivity index (χ4n) is 2.90. The van der Waals surface area contributed by atoms with Crippen molar-refractivity contribution in [1.82, 2.24) is 0 Å². The third-order valence-electron chi connectivity index (χ3n) is 4.41. The molecule has 0 bridgehead atoms. The van der Waals surface area contributed by atoms with Gasteiger partial charge in [0.25, 0.3) is 0 Å². The molecule has 1 saturated heterocycles. The van der Waals surface area contributed by atoms with Crippen LogP contribution in [0.5, 0.6) is 0 Å². The Morgan fingerprint density at radius 3 is 2.14 bits per heavy atom. The van der Waals surface area contributed by atoms with Crippen LogP contribution in [0.25, 0.3) is 0 Å². The van der Waals surface area contributed by atoms with Gasteiger partial charge in [-0.1, -0.05) is 0 Å². The largest absolute Gasteiger partial charge is 0.394 e. The highest BCUT2D eigenvalue weighted by atomic mass is 16.7. The Balaban J connectivity index is 2.08. The van der Waals surface area contributed by atoms with E-state index in [2.05, 4.69) is 0 Å². The van der Waals surface area contributed by atoms with Gasteiger partial charge in [0.1, 0.15) is 18.3 Å². The quantitative estimate of drug-likeness (QED) is 0.248. The molecule has 0 aromatic carbocycles. The molecule has 2 aliphatic rings. The van der Waals surface area contributed by atoms with Gasteiger partial charge in [0.15, 0.2) is 6.29 Å². The lowest BCUT2D eigenvalue weighted by atomic mass is 9.84. The molecular formula is C12H26N4O6. The monoisotopic (exact) mass is 322 g/mol. The summed E-state index contributed by atoms with van der Waals surface area (Å²) in [6, 6.07) is -3.04. The van der Waals surface area contributed by atoms with E-state index in [1.54, 1.807) is 0 Å². The van der Waals surface area contributed by atoms with Crippen molar-refractivity contribution in [3.63, 3.8) is 0 Å². The Bertz CT molecular complexity index is 376. The van der Waals surface area contributed by atoms with E-state index in [4.69, 9.17) is 32.4 Å². The zero-order valence-electron chi connectivity index (χ0n) is 12.1. The maximum absolute atomic E-state index is 10.1. The zero-order chi connectivity index (χ0) is 16.6. The van der Waals surface area contributed by atoms with E-state index in [1.807, 2.05) is 0 Å². The Hall–Kier alpha value is -0.400. The van der Waals surface area contributed by atoms with Crippen LogP contribution < -0.4 is 22.9 Å². The van der Waals surface area contributed by atoms with Crippen LogP contribution in [-0.2, 0) is 9.47 Å². The topological polar surface area (TPSA) is 203 Å². The molecule has 0 aromatic rings. The molecule has 1 saturated carbocycles. The number of hydrogen-bond acceptors (Lipinski definition) is 10. The highest BCUT2D eigenvalue weighted by Crippen LogP contribution is 2.26. The summed E-state index contributed by atoms with van der Waals surface area (Å²) in [4.78, 5) is 0. The van der Waals surface area contributed by atoms with Crippen LogP contribution in [0, 0.1) is 0 Å². The van der Waals surface area contributed by atoms with Crippen LogP contribution in [0.4, 0.5) is 0 Å². The summed E-state index contributed by atoms with van der Waals surface area (Å²) in [5, 5.41) is 38.9. The maximum Gasteiger partial charge on any atom is 0.175 e. The first kappa shape index (κ1) is 17.9. The van der Waals surface area contributed by atoms with Gasteiger partial charge in [0.2, 0.25) is 0 Å². The van der Waals surface area contributed by atoms with Crippen LogP contribution in [-0.4, -0.2) is 88.0 Å². The SMILES string of the molecule is NC1[C@H](O[C@H]2C(N)C[C@@H](N)C(O)[C@H]2O)OC(CO)[C@H](O)[C@@H]1N. The molecule has 0 amide bonds. The third-order valence-corrected chi connectivity index (χ3v) is 4.41. The molecule has 1 aliphatic carbocycles. The van der Waals surface area contributed by atoms with Crippen LogP contribution in [0.1, 0.15) is 6.42 Å². The Labute approximate surface area is 128 Å². The van der Waals surface area contributed by atoms with Gasteiger partial charge in [0.05, 0.1) is 30.9 Å². The number of aliphatic hydroxyl groups excluding tert-OH is 4. The molecule has 4 unspecified atom stereocenters. The summed E-state index contributed by atoms with van der Waals surface area (Å²) in [6.07, 6.45) is -6.35. The summed E-state index contributed by atoms with van der Waals surface area (Å²) >= 11 is 0. The number of nitrogens with two attached hydrogens (primary N) is 4. The Kier molecular flexibility index (Phi) is 5.72. The van der Waals surface area contributed by atoms with Crippen LogP contribution in [0.15, 0.2) is 0 Å². The van der Waals surface area contributed by atoms with E-state index in [0.717, 1.165) is 0 Å². The van der Waals surface area contributed by atoms with Gasteiger partial charge in [-0.05, 0) is 6.42 Å². The lowest BCUT2D eigenvalue weighted by molar-refractivity contribution is -0.277. The Morgan fingerprint density at radius 2 is 1.55 bits per heavy atom. The van der Waals surface area contributed by atoms with Crippen molar-refractivity contribution in [3.05, 3.63) is 0 Å². The van der Waals surface area contributed by atoms with Crippen molar-refractivity contribution < 1.29 is 29.9 Å². The first-order valence-corrected chi connectivity index (χ1v) is 7.26. The summed E-state index contributed by atoms with van der Waals surface area (Å²) in [5.41, 5.74) is 23.3. The number of hydrogen-bond donors (Lipinski definition) is 8. The third kappa shape index (κ3) is 3.26. The van der Waals surface area contributed by atoms with Gasteiger partial charge < -0.3 is 52.8 Å². The van der Waals surface area contributed by atoms with Crippen molar-refractivity contribution in [1.29, 1.82) is 0 Å². The van der Waals surface area contributed by atoms with Crippen molar-refractivity contribution in [2.45, 2.75) is 67.4 Å². The molecule has 10 atom stereocenters. The first-order chi connectivity index (χ1) is 10.3. The predicted octanol–water partition coefficient (Wildman–Crippen LogP) is -5.12. The average molecular weight is 322 g/mol. The number of ether oxygens (including phenoxy) is 2. The molecule has 130 valence electrons. The molecule has 10 nitrogen and oxygen atoms in total. The highest BCUT2D eigenvalue weighted by molar-refractivity contribution is 5.00. The standard InChI is InChI=1S/C12H26N4O6/c13-3-1-4(14)11(10(20)8(3)18)22-12-7(16)6(15)9(19)5(2-17)21-12/h3-12,17-20H,1-2,13-16H2/t3-,4?,5?,6-,7?,8?,9+,10-,11+,12+/m1/s1. The van der Waals surface area contributed by atoms with Gasteiger partial charge in [-0.15, -0.1) is 0 Å². The van der Waals surface area contributed by atoms with Crippen LogP contribution >= 0.6 is 0 Å². The van der Waals surface area contributed by atoms with Crippen molar-refractivity contribution in [2.24, 2.45) is 22.9 Å². The lowest BCUT2D eigenvalue weighted by Gasteiger charge is -2.46. The number of aliphatic hydroxyl groups is 4. The minimum absolute atomic E-state index is 0.253. The molecule has 2 rings (SSSR count). The van der Waals surface area contributed by atoms with E-state index >= 15 is 0 Å². The second-order valence-electron chi connectivity index (χ2n) is 6.02. The molecule has 1 aliphatic heterocycles. The van der Waals surface area contributed by atoms with E-state index in [-0.39, 0.29) is 6.42 Å². The summed E-state index contributed by atoms with van der Waals surface area (Å²) in [5.74, 6) is 0. The molecule has 1 heterocycles. The second-order valence-corrected chi connectivity index (χ2v) is 6.02. The molecule has 2 fully saturated rings.